The molecule has 0 aromatic heterocycles. The predicted molar refractivity (Wildman–Crippen MR) is 65.2 cm³/mol. The van der Waals surface area contributed by atoms with Crippen molar-refractivity contribution in [1.29, 1.82) is 0 Å². The second-order valence-electron chi connectivity index (χ2n) is 5.33. The van der Waals surface area contributed by atoms with Gasteiger partial charge in [0.1, 0.15) is 0 Å². The highest BCUT2D eigenvalue weighted by Gasteiger charge is 2.35. The van der Waals surface area contributed by atoms with Gasteiger partial charge in [-0.3, -0.25) is 4.80 Å². The maximum Gasteiger partial charge on any atom is 0.231 e. The number of hydrogen-bond acceptors (Lipinski definition) is 3. The number of rotatable bonds is 5. The van der Waals surface area contributed by atoms with E-state index in [2.05, 4.69) is 0 Å². The quantitative estimate of drug-likeness (QED) is 0.558. The Kier molecular flexibility index (Phi) is 4.56. The van der Waals surface area contributed by atoms with E-state index in [0.717, 1.165) is 6.42 Å². The molecule has 1 aliphatic heterocycles. The average molecular weight is 265 g/mol. The summed E-state index contributed by atoms with van der Waals surface area (Å²) in [6.45, 7) is 6.00. The van der Waals surface area contributed by atoms with Crippen molar-refractivity contribution < 1.29 is 18.0 Å². The van der Waals surface area contributed by atoms with Gasteiger partial charge in [0, 0.05) is 6.61 Å². The molecule has 1 heterocycles. The highest BCUT2D eigenvalue weighted by atomic mass is 32.2. The van der Waals surface area contributed by atoms with E-state index in [0.29, 0.717) is 12.7 Å². The SMILES string of the molecule is CC1CS(=O)(=O)CC1OCCC[Si](C)(C)[O]. The topological polar surface area (TPSA) is 63.3 Å². The van der Waals surface area contributed by atoms with Crippen molar-refractivity contribution >= 4 is 18.2 Å². The lowest BCUT2D eigenvalue weighted by Crippen LogP contribution is -2.25. The zero-order valence-corrected chi connectivity index (χ0v) is 12.0. The van der Waals surface area contributed by atoms with Crippen LogP contribution in [0.1, 0.15) is 13.3 Å². The molecule has 1 rings (SSSR count). The average Bonchev–Trinajstić information content (AvgIpc) is 2.32. The number of sulfone groups is 1. The fourth-order valence-corrected chi connectivity index (χ4v) is 5.01. The predicted octanol–water partition coefficient (Wildman–Crippen LogP) is 1.46. The zero-order valence-electron chi connectivity index (χ0n) is 10.2. The van der Waals surface area contributed by atoms with E-state index in [9.17, 15) is 13.2 Å². The van der Waals surface area contributed by atoms with E-state index in [1.54, 1.807) is 13.1 Å². The van der Waals surface area contributed by atoms with Crippen molar-refractivity contribution in [3.05, 3.63) is 0 Å². The molecule has 95 valence electrons. The highest BCUT2D eigenvalue weighted by molar-refractivity contribution is 7.91. The summed E-state index contributed by atoms with van der Waals surface area (Å²) in [7, 11) is -5.12. The third-order valence-electron chi connectivity index (χ3n) is 2.82. The molecule has 16 heavy (non-hydrogen) atoms. The minimum atomic E-state index is -2.89. The Labute approximate surface area is 99.1 Å². The molecule has 2 unspecified atom stereocenters. The van der Waals surface area contributed by atoms with Gasteiger partial charge in [-0.15, -0.1) is 0 Å². The Morgan fingerprint density at radius 1 is 1.31 bits per heavy atom. The monoisotopic (exact) mass is 265 g/mol. The Morgan fingerprint density at radius 2 is 1.94 bits per heavy atom. The first-order valence-corrected chi connectivity index (χ1v) is 10.7. The first-order chi connectivity index (χ1) is 7.20. The van der Waals surface area contributed by atoms with Crippen molar-refractivity contribution in [3.63, 3.8) is 0 Å². The van der Waals surface area contributed by atoms with Crippen LogP contribution in [0.3, 0.4) is 0 Å². The second-order valence-corrected chi connectivity index (χ2v) is 11.5. The van der Waals surface area contributed by atoms with E-state index in [1.807, 2.05) is 6.92 Å². The molecule has 0 spiro atoms. The number of ether oxygens (including phenoxy) is 1. The molecule has 0 bridgehead atoms. The summed E-state index contributed by atoms with van der Waals surface area (Å²) in [5.74, 6) is 0.466. The first kappa shape index (κ1) is 14.1. The van der Waals surface area contributed by atoms with Gasteiger partial charge < -0.3 is 4.74 Å². The van der Waals surface area contributed by atoms with Crippen LogP contribution in [0.4, 0.5) is 0 Å². The van der Waals surface area contributed by atoms with Crippen LogP contribution in [0.5, 0.6) is 0 Å². The Balaban J connectivity index is 2.24. The molecule has 1 saturated heterocycles. The molecule has 0 aliphatic carbocycles. The van der Waals surface area contributed by atoms with Crippen molar-refractivity contribution in [3.8, 4) is 0 Å². The van der Waals surface area contributed by atoms with Gasteiger partial charge >= 0.3 is 0 Å². The van der Waals surface area contributed by atoms with Gasteiger partial charge in [0.05, 0.1) is 17.6 Å². The maximum atomic E-state index is 11.5. The molecular weight excluding hydrogens is 244 g/mol. The van der Waals surface area contributed by atoms with Crippen LogP contribution in [0.2, 0.25) is 19.1 Å². The standard InChI is InChI=1S/C10H21O4SSi/c1-9-7-15(11,12)8-10(9)14-5-4-6-16(2,3)13/h9-10H,4-8H2,1-3H3. The third-order valence-corrected chi connectivity index (χ3v) is 6.25. The van der Waals surface area contributed by atoms with Gasteiger partial charge in [-0.25, -0.2) is 8.42 Å². The van der Waals surface area contributed by atoms with Crippen LogP contribution in [0.25, 0.3) is 0 Å². The van der Waals surface area contributed by atoms with E-state index in [-0.39, 0.29) is 23.5 Å². The minimum Gasteiger partial charge on any atom is -0.377 e. The summed E-state index contributed by atoms with van der Waals surface area (Å²) in [5.41, 5.74) is 0. The van der Waals surface area contributed by atoms with Crippen LogP contribution in [0, 0.1) is 5.92 Å². The van der Waals surface area contributed by atoms with Crippen LogP contribution in [-0.2, 0) is 19.4 Å². The van der Waals surface area contributed by atoms with E-state index in [1.165, 1.54) is 0 Å². The van der Waals surface area contributed by atoms with E-state index < -0.39 is 18.2 Å². The molecule has 1 radical (unpaired) electrons. The smallest absolute Gasteiger partial charge is 0.231 e. The summed E-state index contributed by atoms with van der Waals surface area (Å²) >= 11 is 0. The van der Waals surface area contributed by atoms with Gasteiger partial charge in [0.25, 0.3) is 0 Å². The lowest BCUT2D eigenvalue weighted by molar-refractivity contribution is 0.0447. The molecule has 4 nitrogen and oxygen atoms in total. The van der Waals surface area contributed by atoms with Gasteiger partial charge in [-0.1, -0.05) is 6.92 Å². The Morgan fingerprint density at radius 3 is 2.38 bits per heavy atom. The van der Waals surface area contributed by atoms with Gasteiger partial charge in [-0.2, -0.15) is 0 Å². The zero-order chi connectivity index (χ0) is 12.4. The molecule has 1 fully saturated rings. The summed E-state index contributed by atoms with van der Waals surface area (Å²) in [6, 6.07) is 0.695. The summed E-state index contributed by atoms with van der Waals surface area (Å²) < 4.78 is 28.2. The van der Waals surface area contributed by atoms with Gasteiger partial charge in [0.15, 0.2) is 9.84 Å². The van der Waals surface area contributed by atoms with Gasteiger partial charge in [-0.05, 0) is 31.5 Å². The first-order valence-electron chi connectivity index (χ1n) is 5.72. The molecule has 0 aromatic carbocycles. The van der Waals surface area contributed by atoms with Crippen LogP contribution >= 0.6 is 0 Å². The second kappa shape index (κ2) is 5.16. The van der Waals surface area contributed by atoms with Crippen LogP contribution in [-0.4, -0.2) is 41.0 Å². The molecule has 0 saturated carbocycles. The molecule has 0 aromatic rings. The van der Waals surface area contributed by atoms with Gasteiger partial charge in [0.2, 0.25) is 8.32 Å². The normalized spacial score (nSPS) is 29.5. The van der Waals surface area contributed by atoms with Crippen LogP contribution in [0.15, 0.2) is 0 Å². The summed E-state index contributed by atoms with van der Waals surface area (Å²) in [5, 5.41) is 0. The Bertz CT molecular complexity index is 320. The van der Waals surface area contributed by atoms with E-state index in [4.69, 9.17) is 4.74 Å². The van der Waals surface area contributed by atoms with Crippen molar-refractivity contribution in [2.24, 2.45) is 5.92 Å². The fourth-order valence-electron chi connectivity index (χ4n) is 1.94. The van der Waals surface area contributed by atoms with E-state index >= 15 is 0 Å². The fraction of sp³-hybridized carbons (Fsp3) is 1.00. The largest absolute Gasteiger partial charge is 0.377 e. The minimum absolute atomic E-state index is 0.0857. The molecular formula is C10H21O4SSi. The molecule has 0 amide bonds. The molecule has 6 heteroatoms. The van der Waals surface area contributed by atoms with Crippen molar-refractivity contribution in [1.82, 2.24) is 0 Å². The summed E-state index contributed by atoms with van der Waals surface area (Å²) in [6.07, 6.45) is 0.591. The molecule has 1 aliphatic rings. The van der Waals surface area contributed by atoms with Crippen LogP contribution < -0.4 is 0 Å². The van der Waals surface area contributed by atoms with Crippen molar-refractivity contribution in [2.45, 2.75) is 38.6 Å². The highest BCUT2D eigenvalue weighted by Crippen LogP contribution is 2.22. The molecule has 0 N–H and O–H groups in total. The number of hydrogen-bond donors (Lipinski definition) is 0. The maximum absolute atomic E-state index is 11.5. The Hall–Kier alpha value is 0.0869. The van der Waals surface area contributed by atoms with Crippen molar-refractivity contribution in [2.75, 3.05) is 18.1 Å². The third kappa shape index (κ3) is 4.95. The molecule has 2 atom stereocenters. The lowest BCUT2D eigenvalue weighted by atomic mass is 10.1. The lowest BCUT2D eigenvalue weighted by Gasteiger charge is -2.16. The summed E-state index contributed by atoms with van der Waals surface area (Å²) in [4.78, 5) is 11.5.